The van der Waals surface area contributed by atoms with Crippen LogP contribution in [0.3, 0.4) is 0 Å². The van der Waals surface area contributed by atoms with Gasteiger partial charge in [-0.15, -0.1) is 0 Å². The van der Waals surface area contributed by atoms with Gasteiger partial charge in [0.05, 0.1) is 10.6 Å². The van der Waals surface area contributed by atoms with Gasteiger partial charge in [-0.05, 0) is 54.4 Å². The zero-order chi connectivity index (χ0) is 19.7. The number of nitrogens with zero attached hydrogens (tertiary/aromatic N) is 2. The number of aromatic carboxylic acids is 1. The zero-order valence-corrected chi connectivity index (χ0v) is 17.0. The van der Waals surface area contributed by atoms with Gasteiger partial charge in [-0.3, -0.25) is 4.90 Å². The average molecular weight is 416 g/mol. The van der Waals surface area contributed by atoms with Crippen molar-refractivity contribution in [1.29, 1.82) is 0 Å². The van der Waals surface area contributed by atoms with Gasteiger partial charge in [-0.2, -0.15) is 0 Å². The summed E-state index contributed by atoms with van der Waals surface area (Å²) in [5, 5.41) is 13.1. The predicted molar refractivity (Wildman–Crippen MR) is 115 cm³/mol. The van der Waals surface area contributed by atoms with E-state index in [1.54, 1.807) is 12.1 Å². The number of thiocarbonyl (C=S) groups is 1. The molecule has 1 heterocycles. The largest absolute Gasteiger partial charge is 0.478 e. The van der Waals surface area contributed by atoms with E-state index in [0.29, 0.717) is 16.8 Å². The van der Waals surface area contributed by atoms with Crippen LogP contribution in [0.5, 0.6) is 0 Å². The first-order valence-corrected chi connectivity index (χ1v) is 10.2. The second-order valence-corrected chi connectivity index (χ2v) is 8.00. The fraction of sp³-hybridized carbons (Fsp3) is 0.333. The number of aryl methyl sites for hydroxylation is 1. The number of piperazine rings is 1. The van der Waals surface area contributed by atoms with E-state index < -0.39 is 5.97 Å². The highest BCUT2D eigenvalue weighted by atomic mass is 35.5. The monoisotopic (exact) mass is 415 g/mol. The van der Waals surface area contributed by atoms with Crippen LogP contribution in [-0.2, 0) is 6.42 Å². The minimum Gasteiger partial charge on any atom is -0.478 e. The van der Waals surface area contributed by atoms with Crippen LogP contribution in [0, 0.1) is 0 Å². The van der Waals surface area contributed by atoms with E-state index in [9.17, 15) is 4.79 Å². The van der Waals surface area contributed by atoms with Crippen LogP contribution in [0.25, 0.3) is 0 Å². The molecule has 1 fully saturated rings. The molecule has 0 amide bonds. The standard InChI is InChI=1S/C21H22ClN3O2S/c22-18-13-15(6-7-17(18)20(26)27)23-21(28)25-11-9-24(10-12-25)19-8-5-14-3-1-2-4-16(14)19/h1-4,6-7,13,19H,5,8-12H2,(H,23,28)(H,26,27). The van der Waals surface area contributed by atoms with Gasteiger partial charge in [0.1, 0.15) is 0 Å². The highest BCUT2D eigenvalue weighted by Gasteiger charge is 2.30. The molecule has 1 unspecified atom stereocenters. The maximum absolute atomic E-state index is 11.1. The maximum Gasteiger partial charge on any atom is 0.337 e. The number of halogens is 1. The summed E-state index contributed by atoms with van der Waals surface area (Å²) >= 11 is 11.6. The van der Waals surface area contributed by atoms with E-state index in [2.05, 4.69) is 39.4 Å². The maximum atomic E-state index is 11.1. The van der Waals surface area contributed by atoms with Crippen molar-refractivity contribution in [2.24, 2.45) is 0 Å². The lowest BCUT2D eigenvalue weighted by Crippen LogP contribution is -2.50. The molecule has 0 saturated carbocycles. The summed E-state index contributed by atoms with van der Waals surface area (Å²) in [7, 11) is 0. The van der Waals surface area contributed by atoms with Crippen LogP contribution in [0.1, 0.15) is 33.9 Å². The molecule has 28 heavy (non-hydrogen) atoms. The topological polar surface area (TPSA) is 55.8 Å². The second kappa shape index (κ2) is 8.07. The highest BCUT2D eigenvalue weighted by molar-refractivity contribution is 7.80. The number of hydrogen-bond acceptors (Lipinski definition) is 3. The van der Waals surface area contributed by atoms with Gasteiger partial charge >= 0.3 is 5.97 Å². The fourth-order valence-electron chi connectivity index (χ4n) is 4.12. The van der Waals surface area contributed by atoms with Crippen LogP contribution >= 0.6 is 23.8 Å². The summed E-state index contributed by atoms with van der Waals surface area (Å²) in [6.07, 6.45) is 2.35. The smallest absolute Gasteiger partial charge is 0.337 e. The van der Waals surface area contributed by atoms with Crippen molar-refractivity contribution in [2.75, 3.05) is 31.5 Å². The van der Waals surface area contributed by atoms with Crippen molar-refractivity contribution in [2.45, 2.75) is 18.9 Å². The summed E-state index contributed by atoms with van der Waals surface area (Å²) in [4.78, 5) is 15.8. The summed E-state index contributed by atoms with van der Waals surface area (Å²) in [6, 6.07) is 14.1. The van der Waals surface area contributed by atoms with Crippen molar-refractivity contribution in [3.8, 4) is 0 Å². The summed E-state index contributed by atoms with van der Waals surface area (Å²) in [5.74, 6) is -1.04. The number of anilines is 1. The highest BCUT2D eigenvalue weighted by Crippen LogP contribution is 2.36. The predicted octanol–water partition coefficient (Wildman–Crippen LogP) is 4.04. The number of fused-ring (bicyclic) bond motifs is 1. The Morgan fingerprint density at radius 1 is 1.14 bits per heavy atom. The molecule has 1 aliphatic heterocycles. The molecule has 0 aromatic heterocycles. The van der Waals surface area contributed by atoms with Gasteiger partial charge in [0.2, 0.25) is 0 Å². The first-order valence-electron chi connectivity index (χ1n) is 9.43. The number of benzene rings is 2. The number of nitrogens with one attached hydrogen (secondary N) is 1. The first-order chi connectivity index (χ1) is 13.5. The number of carboxylic acid groups (broad SMARTS) is 1. The molecule has 2 aliphatic rings. The van der Waals surface area contributed by atoms with Gasteiger partial charge in [-0.1, -0.05) is 35.9 Å². The molecule has 146 valence electrons. The van der Waals surface area contributed by atoms with Crippen molar-refractivity contribution < 1.29 is 9.90 Å². The van der Waals surface area contributed by atoms with Crippen LogP contribution in [0.4, 0.5) is 5.69 Å². The third-order valence-electron chi connectivity index (χ3n) is 5.59. The SMILES string of the molecule is O=C(O)c1ccc(NC(=S)N2CCN(C3CCc4ccccc43)CC2)cc1Cl. The Hall–Kier alpha value is -2.15. The molecule has 1 saturated heterocycles. The molecule has 0 bridgehead atoms. The Bertz CT molecular complexity index is 912. The van der Waals surface area contributed by atoms with Gasteiger partial charge < -0.3 is 15.3 Å². The molecular weight excluding hydrogens is 394 g/mol. The Kier molecular flexibility index (Phi) is 5.53. The van der Waals surface area contributed by atoms with Crippen LogP contribution in [0.15, 0.2) is 42.5 Å². The van der Waals surface area contributed by atoms with Crippen LogP contribution < -0.4 is 5.32 Å². The number of carboxylic acids is 1. The van der Waals surface area contributed by atoms with Gasteiger partial charge in [0.25, 0.3) is 0 Å². The number of rotatable bonds is 3. The fourth-order valence-corrected chi connectivity index (χ4v) is 4.68. The third-order valence-corrected chi connectivity index (χ3v) is 6.27. The molecule has 2 aromatic carbocycles. The minimum absolute atomic E-state index is 0.0867. The molecule has 1 aliphatic carbocycles. The third kappa shape index (κ3) is 3.85. The van der Waals surface area contributed by atoms with E-state index >= 15 is 0 Å². The Morgan fingerprint density at radius 2 is 1.89 bits per heavy atom. The molecule has 4 rings (SSSR count). The molecule has 2 aromatic rings. The van der Waals surface area contributed by atoms with E-state index in [1.807, 2.05) is 0 Å². The van der Waals surface area contributed by atoms with Gasteiger partial charge in [-0.25, -0.2) is 4.79 Å². The molecule has 2 N–H and O–H groups in total. The normalized spacial score (nSPS) is 19.3. The molecule has 1 atom stereocenters. The van der Waals surface area contributed by atoms with Crippen LogP contribution in [0.2, 0.25) is 5.02 Å². The number of carbonyl (C=O) groups is 1. The zero-order valence-electron chi connectivity index (χ0n) is 15.4. The van der Waals surface area contributed by atoms with Crippen molar-refractivity contribution in [3.63, 3.8) is 0 Å². The summed E-state index contributed by atoms with van der Waals surface area (Å²) in [6.45, 7) is 3.68. The van der Waals surface area contributed by atoms with E-state index in [0.717, 1.165) is 32.6 Å². The molecule has 5 nitrogen and oxygen atoms in total. The Morgan fingerprint density at radius 3 is 2.61 bits per heavy atom. The van der Waals surface area contributed by atoms with Gasteiger partial charge in [0, 0.05) is 37.9 Å². The van der Waals surface area contributed by atoms with E-state index in [1.165, 1.54) is 23.6 Å². The Labute approximate surface area is 174 Å². The molecule has 0 radical (unpaired) electrons. The number of hydrogen-bond donors (Lipinski definition) is 2. The van der Waals surface area contributed by atoms with Gasteiger partial charge in [0.15, 0.2) is 5.11 Å². The molecular formula is C21H22ClN3O2S. The molecule has 7 heteroatoms. The Balaban J connectivity index is 1.35. The summed E-state index contributed by atoms with van der Waals surface area (Å²) < 4.78 is 0. The van der Waals surface area contributed by atoms with E-state index in [4.69, 9.17) is 28.9 Å². The summed E-state index contributed by atoms with van der Waals surface area (Å²) in [5.41, 5.74) is 3.74. The lowest BCUT2D eigenvalue weighted by atomic mass is 10.1. The van der Waals surface area contributed by atoms with Crippen molar-refractivity contribution in [3.05, 3.63) is 64.2 Å². The molecule has 0 spiro atoms. The van der Waals surface area contributed by atoms with Crippen LogP contribution in [-0.4, -0.2) is 52.2 Å². The van der Waals surface area contributed by atoms with E-state index in [-0.39, 0.29) is 10.6 Å². The van der Waals surface area contributed by atoms with Crippen molar-refractivity contribution in [1.82, 2.24) is 9.80 Å². The first kappa shape index (κ1) is 19.2. The minimum atomic E-state index is -1.04. The second-order valence-electron chi connectivity index (χ2n) is 7.21. The quantitative estimate of drug-likeness (QED) is 0.738. The lowest BCUT2D eigenvalue weighted by molar-refractivity contribution is 0.0697. The average Bonchev–Trinajstić information content (AvgIpc) is 3.12. The lowest BCUT2D eigenvalue weighted by Gasteiger charge is -2.39. The van der Waals surface area contributed by atoms with Crippen molar-refractivity contribution >= 4 is 40.6 Å².